The van der Waals surface area contributed by atoms with E-state index < -0.39 is 8.07 Å². The average Bonchev–Trinajstić information content (AvgIpc) is 3.88. The lowest BCUT2D eigenvalue weighted by atomic mass is 10.0. The molecule has 12 rings (SSSR count). The van der Waals surface area contributed by atoms with Gasteiger partial charge in [0.1, 0.15) is 0 Å². The van der Waals surface area contributed by atoms with Crippen LogP contribution < -0.4 is 20.7 Å². The van der Waals surface area contributed by atoms with Crippen LogP contribution in [0.3, 0.4) is 0 Å². The van der Waals surface area contributed by atoms with E-state index in [4.69, 9.17) is 4.98 Å². The highest BCUT2D eigenvalue weighted by Gasteiger charge is 2.43. The van der Waals surface area contributed by atoms with Crippen LogP contribution in [-0.2, 0) is 0 Å². The van der Waals surface area contributed by atoms with E-state index in [2.05, 4.69) is 258 Å². The van der Waals surface area contributed by atoms with Crippen molar-refractivity contribution in [2.75, 3.05) is 0 Å². The van der Waals surface area contributed by atoms with Crippen LogP contribution in [0, 0.1) is 0 Å². The summed E-state index contributed by atoms with van der Waals surface area (Å²) < 4.78 is 4.83. The van der Waals surface area contributed by atoms with Crippen LogP contribution in [0.1, 0.15) is 0 Å². The van der Waals surface area contributed by atoms with Crippen molar-refractivity contribution in [3.8, 4) is 33.8 Å². The lowest BCUT2D eigenvalue weighted by molar-refractivity contribution is 1.16. The molecule has 0 N–H and O–H groups in total. The van der Waals surface area contributed by atoms with Gasteiger partial charge in [0.15, 0.2) is 8.07 Å². The molecular formula is C59H41N3Si. The number of nitrogens with zero attached hydrogens (tertiary/aromatic N) is 3. The van der Waals surface area contributed by atoms with Gasteiger partial charge < -0.3 is 9.13 Å². The molecule has 0 amide bonds. The first-order chi connectivity index (χ1) is 31.3. The maximum Gasteiger partial charge on any atom is 0.180 e. The molecule has 0 radical (unpaired) electrons. The summed E-state index contributed by atoms with van der Waals surface area (Å²) >= 11 is 0. The van der Waals surface area contributed by atoms with Gasteiger partial charge in [-0.15, -0.1) is 0 Å². The summed E-state index contributed by atoms with van der Waals surface area (Å²) in [5.74, 6) is 0. The molecule has 3 nitrogen and oxygen atoms in total. The van der Waals surface area contributed by atoms with Crippen molar-refractivity contribution in [1.82, 2.24) is 14.1 Å². The van der Waals surface area contributed by atoms with Crippen molar-refractivity contribution in [2.24, 2.45) is 0 Å². The normalized spacial score (nSPS) is 11.8. The predicted molar refractivity (Wildman–Crippen MR) is 267 cm³/mol. The summed E-state index contributed by atoms with van der Waals surface area (Å²) in [4.78, 5) is 5.33. The van der Waals surface area contributed by atoms with E-state index in [1.807, 2.05) is 0 Å². The summed E-state index contributed by atoms with van der Waals surface area (Å²) in [5.41, 5.74) is 11.3. The SMILES string of the molecule is c1ccc([Si](c2ccccc2)(c2ccccc2)c2ccccc2-c2ccc(-c3ccccc3-n3c4ccccc4c4cc(-n5c6ccccc6c6ccccc65)ccc43)cn2)cc1. The fourth-order valence-corrected chi connectivity index (χ4v) is 15.2. The number of aromatic nitrogens is 3. The quantitative estimate of drug-likeness (QED) is 0.111. The second kappa shape index (κ2) is 15.1. The topological polar surface area (TPSA) is 22.8 Å². The molecule has 0 saturated carbocycles. The number of benzene rings is 9. The van der Waals surface area contributed by atoms with E-state index in [0.717, 1.165) is 39.3 Å². The minimum atomic E-state index is -2.80. The van der Waals surface area contributed by atoms with Crippen molar-refractivity contribution in [3.63, 3.8) is 0 Å². The molecule has 0 aliphatic rings. The number of pyridine rings is 1. The van der Waals surface area contributed by atoms with E-state index in [0.29, 0.717) is 0 Å². The Morgan fingerprint density at radius 1 is 0.333 bits per heavy atom. The second-order valence-electron chi connectivity index (χ2n) is 16.3. The smallest absolute Gasteiger partial charge is 0.180 e. The van der Waals surface area contributed by atoms with E-state index in [-0.39, 0.29) is 0 Å². The van der Waals surface area contributed by atoms with Crippen molar-refractivity contribution >= 4 is 72.4 Å². The summed E-state index contributed by atoms with van der Waals surface area (Å²) in [5, 5.41) is 10.3. The monoisotopic (exact) mass is 819 g/mol. The maximum absolute atomic E-state index is 5.33. The molecule has 0 unspecified atom stereocenters. The molecule has 63 heavy (non-hydrogen) atoms. The Labute approximate surface area is 367 Å². The Bertz CT molecular complexity index is 3460. The summed E-state index contributed by atoms with van der Waals surface area (Å²) in [6.07, 6.45) is 2.07. The van der Waals surface area contributed by atoms with Gasteiger partial charge in [0.25, 0.3) is 0 Å². The maximum atomic E-state index is 5.33. The zero-order valence-electron chi connectivity index (χ0n) is 34.5. The van der Waals surface area contributed by atoms with Crippen LogP contribution in [0.4, 0.5) is 0 Å². The molecule has 0 aliphatic carbocycles. The number of rotatable bonds is 8. The third-order valence-electron chi connectivity index (χ3n) is 12.9. The van der Waals surface area contributed by atoms with Crippen molar-refractivity contribution in [1.29, 1.82) is 0 Å². The first-order valence-corrected chi connectivity index (χ1v) is 23.6. The van der Waals surface area contributed by atoms with Gasteiger partial charge >= 0.3 is 0 Å². The van der Waals surface area contributed by atoms with E-state index >= 15 is 0 Å². The highest BCUT2D eigenvalue weighted by molar-refractivity contribution is 7.20. The fourth-order valence-electron chi connectivity index (χ4n) is 10.2. The minimum Gasteiger partial charge on any atom is -0.309 e. The van der Waals surface area contributed by atoms with Crippen LogP contribution in [0.25, 0.3) is 77.4 Å². The molecular weight excluding hydrogens is 779 g/mol. The molecule has 3 heterocycles. The number of hydrogen-bond donors (Lipinski definition) is 0. The number of para-hydroxylation sites is 4. The Hall–Kier alpha value is -8.05. The van der Waals surface area contributed by atoms with Gasteiger partial charge in [-0.1, -0.05) is 194 Å². The van der Waals surface area contributed by atoms with Gasteiger partial charge in [-0.3, -0.25) is 4.98 Å². The Morgan fingerprint density at radius 2 is 0.794 bits per heavy atom. The first-order valence-electron chi connectivity index (χ1n) is 21.6. The average molecular weight is 820 g/mol. The molecule has 0 atom stereocenters. The largest absolute Gasteiger partial charge is 0.309 e. The summed E-state index contributed by atoms with van der Waals surface area (Å²) in [7, 11) is -2.80. The van der Waals surface area contributed by atoms with Crippen LogP contribution in [0.15, 0.2) is 249 Å². The Balaban J connectivity index is 1.00. The summed E-state index contributed by atoms with van der Waals surface area (Å²) in [6, 6.07) is 88.6. The van der Waals surface area contributed by atoms with Crippen LogP contribution in [0.2, 0.25) is 0 Å². The lowest BCUT2D eigenvalue weighted by Gasteiger charge is -2.35. The zero-order valence-corrected chi connectivity index (χ0v) is 35.5. The van der Waals surface area contributed by atoms with E-state index in [1.54, 1.807) is 0 Å². The zero-order chi connectivity index (χ0) is 41.7. The second-order valence-corrected chi connectivity index (χ2v) is 20.0. The minimum absolute atomic E-state index is 0.959. The Kier molecular flexibility index (Phi) is 8.84. The van der Waals surface area contributed by atoms with E-state index in [9.17, 15) is 0 Å². The van der Waals surface area contributed by atoms with Crippen molar-refractivity contribution < 1.29 is 0 Å². The third kappa shape index (κ3) is 5.84. The van der Waals surface area contributed by atoms with Gasteiger partial charge in [-0.25, -0.2) is 0 Å². The highest BCUT2D eigenvalue weighted by atomic mass is 28.3. The third-order valence-corrected chi connectivity index (χ3v) is 17.8. The van der Waals surface area contributed by atoms with Gasteiger partial charge in [0, 0.05) is 50.1 Å². The number of fused-ring (bicyclic) bond motifs is 6. The van der Waals surface area contributed by atoms with Crippen molar-refractivity contribution in [3.05, 3.63) is 249 Å². The predicted octanol–water partition coefficient (Wildman–Crippen LogP) is 12.0. The standard InChI is InChI=1S/C59H41N3Si/c1-4-20-44(21-5-1)63(45-22-6-2-7-23-45,46-24-8-3-9-25-46)59-35-19-14-30-51(59)53-38-36-42(41-60-53)47-26-10-15-31-54(47)62-57-34-18-13-29-50(57)52-40-43(37-39-58(52)62)61-55-32-16-11-27-48(55)49-28-12-17-33-56(49)61/h1-41H. The summed E-state index contributed by atoms with van der Waals surface area (Å²) in [6.45, 7) is 0. The fraction of sp³-hybridized carbons (Fsp3) is 0. The number of hydrogen-bond acceptors (Lipinski definition) is 1. The molecule has 0 aliphatic heterocycles. The first kappa shape index (κ1) is 36.8. The molecule has 9 aromatic carbocycles. The molecule has 0 spiro atoms. The molecule has 0 fully saturated rings. The van der Waals surface area contributed by atoms with Gasteiger partial charge in [-0.2, -0.15) is 0 Å². The van der Waals surface area contributed by atoms with Crippen LogP contribution >= 0.6 is 0 Å². The molecule has 0 saturated heterocycles. The molecule has 3 aromatic heterocycles. The molecule has 4 heteroatoms. The van der Waals surface area contributed by atoms with Gasteiger partial charge in [0.05, 0.1) is 33.4 Å². The molecule has 12 aromatic rings. The Morgan fingerprint density at radius 3 is 1.37 bits per heavy atom. The highest BCUT2D eigenvalue weighted by Crippen LogP contribution is 2.39. The van der Waals surface area contributed by atoms with Crippen molar-refractivity contribution in [2.45, 2.75) is 0 Å². The molecule has 296 valence electrons. The lowest BCUT2D eigenvalue weighted by Crippen LogP contribution is -2.75. The van der Waals surface area contributed by atoms with E-state index in [1.165, 1.54) is 58.8 Å². The van der Waals surface area contributed by atoms with Crippen LogP contribution in [0.5, 0.6) is 0 Å². The van der Waals surface area contributed by atoms with Crippen LogP contribution in [-0.4, -0.2) is 22.2 Å². The van der Waals surface area contributed by atoms with Gasteiger partial charge in [0.2, 0.25) is 0 Å². The van der Waals surface area contributed by atoms with Gasteiger partial charge in [-0.05, 0) is 69.3 Å². The molecule has 0 bridgehead atoms.